The maximum absolute atomic E-state index is 12.4. The SMILES string of the molecule is CC1=CNN(c2cc(Cl)cc(Cl)c2)C(=O)C(C)N1C. The minimum Gasteiger partial charge on any atom is -0.365 e. The number of hydrogen-bond donors (Lipinski definition) is 1. The smallest absolute Gasteiger partial charge is 0.267 e. The van der Waals surface area contributed by atoms with Crippen molar-refractivity contribution in [3.63, 3.8) is 0 Å². The van der Waals surface area contributed by atoms with Crippen molar-refractivity contribution in [3.05, 3.63) is 40.1 Å². The van der Waals surface area contributed by atoms with Crippen molar-refractivity contribution in [1.82, 2.24) is 10.3 Å². The van der Waals surface area contributed by atoms with Gasteiger partial charge < -0.3 is 4.90 Å². The van der Waals surface area contributed by atoms with Crippen LogP contribution in [0.1, 0.15) is 13.8 Å². The van der Waals surface area contributed by atoms with Crippen LogP contribution in [0.4, 0.5) is 5.69 Å². The number of anilines is 1. The van der Waals surface area contributed by atoms with Crippen LogP contribution in [0.3, 0.4) is 0 Å². The number of hydrazine groups is 1. The van der Waals surface area contributed by atoms with Gasteiger partial charge in [-0.15, -0.1) is 0 Å². The van der Waals surface area contributed by atoms with Crippen molar-refractivity contribution >= 4 is 34.8 Å². The Hall–Kier alpha value is -1.39. The van der Waals surface area contributed by atoms with Crippen molar-refractivity contribution in [3.8, 4) is 0 Å². The predicted molar refractivity (Wildman–Crippen MR) is 78.1 cm³/mol. The second-order valence-corrected chi connectivity index (χ2v) is 5.38. The van der Waals surface area contributed by atoms with Gasteiger partial charge in [-0.1, -0.05) is 23.2 Å². The zero-order chi connectivity index (χ0) is 14.2. The summed E-state index contributed by atoms with van der Waals surface area (Å²) in [4.78, 5) is 14.3. The van der Waals surface area contributed by atoms with Gasteiger partial charge in [0.05, 0.1) is 5.69 Å². The van der Waals surface area contributed by atoms with E-state index in [-0.39, 0.29) is 11.9 Å². The number of hydrogen-bond acceptors (Lipinski definition) is 3. The molecule has 1 heterocycles. The van der Waals surface area contributed by atoms with Gasteiger partial charge in [-0.05, 0) is 32.0 Å². The molecule has 1 N–H and O–H groups in total. The highest BCUT2D eigenvalue weighted by molar-refractivity contribution is 6.35. The van der Waals surface area contributed by atoms with E-state index in [0.717, 1.165) is 5.70 Å². The molecule has 1 unspecified atom stereocenters. The van der Waals surface area contributed by atoms with E-state index in [2.05, 4.69) is 5.43 Å². The molecule has 1 aromatic carbocycles. The van der Waals surface area contributed by atoms with Crippen molar-refractivity contribution in [2.45, 2.75) is 19.9 Å². The number of benzene rings is 1. The summed E-state index contributed by atoms with van der Waals surface area (Å²) in [7, 11) is 1.88. The molecule has 102 valence electrons. The Bertz CT molecular complexity index is 524. The number of halogens is 2. The van der Waals surface area contributed by atoms with Gasteiger partial charge in [-0.3, -0.25) is 10.2 Å². The van der Waals surface area contributed by atoms with Crippen molar-refractivity contribution < 1.29 is 4.79 Å². The fourth-order valence-electron chi connectivity index (χ4n) is 1.85. The zero-order valence-electron chi connectivity index (χ0n) is 10.9. The Morgan fingerprint density at radius 2 is 1.79 bits per heavy atom. The average molecular weight is 300 g/mol. The van der Waals surface area contributed by atoms with E-state index in [1.54, 1.807) is 24.4 Å². The number of rotatable bonds is 1. The molecule has 1 aliphatic heterocycles. The Labute approximate surface area is 122 Å². The van der Waals surface area contributed by atoms with Gasteiger partial charge in [0.15, 0.2) is 0 Å². The Morgan fingerprint density at radius 3 is 2.37 bits per heavy atom. The highest BCUT2D eigenvalue weighted by atomic mass is 35.5. The number of amides is 1. The Morgan fingerprint density at radius 1 is 1.21 bits per heavy atom. The molecule has 0 radical (unpaired) electrons. The highest BCUT2D eigenvalue weighted by Crippen LogP contribution is 2.26. The fraction of sp³-hybridized carbons (Fsp3) is 0.308. The summed E-state index contributed by atoms with van der Waals surface area (Å²) in [6, 6.07) is 4.74. The first-order chi connectivity index (χ1) is 8.90. The van der Waals surface area contributed by atoms with Crippen LogP contribution < -0.4 is 10.4 Å². The predicted octanol–water partition coefficient (Wildman–Crippen LogP) is 3.03. The number of nitrogens with zero attached hydrogens (tertiary/aromatic N) is 2. The van der Waals surface area contributed by atoms with Crippen LogP contribution in [0.15, 0.2) is 30.1 Å². The average Bonchev–Trinajstić information content (AvgIpc) is 2.43. The molecule has 0 spiro atoms. The lowest BCUT2D eigenvalue weighted by Gasteiger charge is -2.27. The monoisotopic (exact) mass is 299 g/mol. The quantitative estimate of drug-likeness (QED) is 0.866. The summed E-state index contributed by atoms with van der Waals surface area (Å²) in [5.74, 6) is -0.0751. The molecule has 0 saturated carbocycles. The maximum atomic E-state index is 12.4. The van der Waals surface area contributed by atoms with E-state index in [4.69, 9.17) is 23.2 Å². The van der Waals surface area contributed by atoms with E-state index in [1.807, 2.05) is 25.8 Å². The number of nitrogens with one attached hydrogen (secondary N) is 1. The lowest BCUT2D eigenvalue weighted by molar-refractivity contribution is -0.122. The first-order valence-corrected chi connectivity index (χ1v) is 6.61. The number of carbonyl (C=O) groups is 1. The lowest BCUT2D eigenvalue weighted by atomic mass is 10.2. The van der Waals surface area contributed by atoms with Crippen molar-refractivity contribution in [2.75, 3.05) is 12.1 Å². The van der Waals surface area contributed by atoms with Crippen molar-refractivity contribution in [2.24, 2.45) is 0 Å². The molecule has 0 fully saturated rings. The first-order valence-electron chi connectivity index (χ1n) is 5.86. The van der Waals surface area contributed by atoms with Crippen molar-refractivity contribution in [1.29, 1.82) is 0 Å². The molecule has 1 amide bonds. The van der Waals surface area contributed by atoms with Crippen LogP contribution in [0.2, 0.25) is 10.0 Å². The largest absolute Gasteiger partial charge is 0.365 e. The molecule has 0 aliphatic carbocycles. The minimum absolute atomic E-state index is 0.0751. The number of likely N-dealkylation sites (N-methyl/N-ethyl adjacent to an activating group) is 1. The third-order valence-electron chi connectivity index (χ3n) is 3.22. The molecular formula is C13H15Cl2N3O. The summed E-state index contributed by atoms with van der Waals surface area (Å²) in [6.45, 7) is 3.79. The normalized spacial score (nSPS) is 19.9. The van der Waals surface area contributed by atoms with Gasteiger partial charge in [-0.2, -0.15) is 0 Å². The summed E-state index contributed by atoms with van der Waals surface area (Å²) in [6.07, 6.45) is 1.77. The molecule has 1 aliphatic rings. The third kappa shape index (κ3) is 2.80. The molecule has 0 saturated heterocycles. The van der Waals surface area contributed by atoms with Crippen LogP contribution in [0.5, 0.6) is 0 Å². The molecule has 0 bridgehead atoms. The maximum Gasteiger partial charge on any atom is 0.267 e. The van der Waals surface area contributed by atoms with E-state index in [1.165, 1.54) is 5.01 Å². The number of carbonyl (C=O) groups excluding carboxylic acids is 1. The highest BCUT2D eigenvalue weighted by Gasteiger charge is 2.28. The Balaban J connectivity index is 2.41. The van der Waals surface area contributed by atoms with Gasteiger partial charge >= 0.3 is 0 Å². The van der Waals surface area contributed by atoms with Gasteiger partial charge in [-0.25, -0.2) is 5.01 Å². The zero-order valence-corrected chi connectivity index (χ0v) is 12.5. The second-order valence-electron chi connectivity index (χ2n) is 4.50. The summed E-state index contributed by atoms with van der Waals surface area (Å²) < 4.78 is 0. The van der Waals surface area contributed by atoms with Crippen LogP contribution in [-0.4, -0.2) is 23.9 Å². The van der Waals surface area contributed by atoms with Gasteiger partial charge in [0.25, 0.3) is 5.91 Å². The molecule has 1 aromatic rings. The fourth-order valence-corrected chi connectivity index (χ4v) is 2.37. The van der Waals surface area contributed by atoms with E-state index >= 15 is 0 Å². The minimum atomic E-state index is -0.274. The summed E-state index contributed by atoms with van der Waals surface area (Å²) >= 11 is 12.0. The van der Waals surface area contributed by atoms with E-state index in [9.17, 15) is 4.79 Å². The van der Waals surface area contributed by atoms with Gasteiger partial charge in [0, 0.05) is 29.0 Å². The van der Waals surface area contributed by atoms with Crippen LogP contribution in [0, 0.1) is 0 Å². The molecule has 4 nitrogen and oxygen atoms in total. The van der Waals surface area contributed by atoms with E-state index < -0.39 is 0 Å². The molecule has 1 atom stereocenters. The first kappa shape index (κ1) is 14.0. The summed E-state index contributed by atoms with van der Waals surface area (Å²) in [5, 5.41) is 2.43. The molecule has 2 rings (SSSR count). The number of allylic oxidation sites excluding steroid dienone is 1. The van der Waals surface area contributed by atoms with Gasteiger partial charge in [0.1, 0.15) is 6.04 Å². The van der Waals surface area contributed by atoms with Crippen LogP contribution in [0.25, 0.3) is 0 Å². The van der Waals surface area contributed by atoms with Crippen LogP contribution in [-0.2, 0) is 4.79 Å². The standard InChI is InChI=1S/C13H15Cl2N3O/c1-8-7-16-18(13(19)9(2)17(8)3)12-5-10(14)4-11(15)6-12/h4-7,9,16H,1-3H3. The van der Waals surface area contributed by atoms with E-state index in [0.29, 0.717) is 15.7 Å². The Kier molecular flexibility index (Phi) is 3.92. The van der Waals surface area contributed by atoms with Gasteiger partial charge in [0.2, 0.25) is 0 Å². The molecule has 0 aromatic heterocycles. The second kappa shape index (κ2) is 5.31. The lowest BCUT2D eigenvalue weighted by Crippen LogP contribution is -2.47. The molecule has 19 heavy (non-hydrogen) atoms. The third-order valence-corrected chi connectivity index (χ3v) is 3.66. The molecular weight excluding hydrogens is 285 g/mol. The topological polar surface area (TPSA) is 35.6 Å². The molecule has 6 heteroatoms. The summed E-state index contributed by atoms with van der Waals surface area (Å²) in [5.41, 5.74) is 4.56. The van der Waals surface area contributed by atoms with Crippen LogP contribution >= 0.6 is 23.2 Å².